The number of halogens is 1. The van der Waals surface area contributed by atoms with Crippen LogP contribution in [0, 0.1) is 6.92 Å². The Kier molecular flexibility index (Phi) is 4.73. The number of hydrogen-bond donors (Lipinski definition) is 1. The van der Waals surface area contributed by atoms with Gasteiger partial charge in [-0.3, -0.25) is 4.79 Å². The zero-order chi connectivity index (χ0) is 15.5. The molecule has 22 heavy (non-hydrogen) atoms. The van der Waals surface area contributed by atoms with Gasteiger partial charge in [0.15, 0.2) is 0 Å². The van der Waals surface area contributed by atoms with Gasteiger partial charge in [-0.15, -0.1) is 11.3 Å². The van der Waals surface area contributed by atoms with Crippen molar-refractivity contribution in [1.82, 2.24) is 14.9 Å². The number of nitrogens with one attached hydrogen (secondary N) is 1. The van der Waals surface area contributed by atoms with Crippen molar-refractivity contribution in [1.29, 1.82) is 0 Å². The molecule has 2 aromatic rings. The molecule has 1 fully saturated rings. The molecule has 0 radical (unpaired) electrons. The average Bonchev–Trinajstić information content (AvgIpc) is 2.94. The van der Waals surface area contributed by atoms with Crippen LogP contribution in [-0.2, 0) is 0 Å². The molecule has 0 aliphatic carbocycles. The van der Waals surface area contributed by atoms with Gasteiger partial charge in [-0.1, -0.05) is 0 Å². The van der Waals surface area contributed by atoms with E-state index in [1.807, 2.05) is 29.3 Å². The third-order valence-electron chi connectivity index (χ3n) is 3.72. The first-order chi connectivity index (χ1) is 10.6. The fourth-order valence-electron chi connectivity index (χ4n) is 2.55. The van der Waals surface area contributed by atoms with Crippen molar-refractivity contribution < 1.29 is 4.79 Å². The third-order valence-corrected chi connectivity index (χ3v) is 5.40. The minimum absolute atomic E-state index is 0.132. The van der Waals surface area contributed by atoms with E-state index in [1.54, 1.807) is 6.33 Å². The number of piperidine rings is 1. The van der Waals surface area contributed by atoms with Crippen LogP contribution in [0.15, 0.2) is 28.3 Å². The Morgan fingerprint density at radius 3 is 2.77 bits per heavy atom. The predicted molar refractivity (Wildman–Crippen MR) is 91.3 cm³/mol. The van der Waals surface area contributed by atoms with E-state index >= 15 is 0 Å². The van der Waals surface area contributed by atoms with E-state index in [9.17, 15) is 4.79 Å². The van der Waals surface area contributed by atoms with Crippen molar-refractivity contribution in [3.63, 3.8) is 0 Å². The molecular formula is C15H17BrN4OS. The number of aromatic nitrogens is 2. The SMILES string of the molecule is Cc1cc(NC2CCN(C(=O)c3cc(Br)cs3)CC2)ncn1. The molecular weight excluding hydrogens is 364 g/mol. The first kappa shape index (κ1) is 15.4. The van der Waals surface area contributed by atoms with Gasteiger partial charge in [-0.25, -0.2) is 9.97 Å². The lowest BCUT2D eigenvalue weighted by atomic mass is 10.0. The van der Waals surface area contributed by atoms with Gasteiger partial charge >= 0.3 is 0 Å². The molecule has 2 aromatic heterocycles. The smallest absolute Gasteiger partial charge is 0.263 e. The summed E-state index contributed by atoms with van der Waals surface area (Å²) in [6, 6.07) is 4.19. The molecule has 1 saturated heterocycles. The standard InChI is InChI=1S/C15H17BrN4OS/c1-10-6-14(18-9-17-10)19-12-2-4-20(5-3-12)15(21)13-7-11(16)8-22-13/h6-9,12H,2-5H2,1H3,(H,17,18,19). The van der Waals surface area contributed by atoms with Crippen LogP contribution < -0.4 is 5.32 Å². The summed E-state index contributed by atoms with van der Waals surface area (Å²) >= 11 is 4.88. The number of carbonyl (C=O) groups excluding carboxylic acids is 1. The van der Waals surface area contributed by atoms with E-state index in [4.69, 9.17) is 0 Å². The number of carbonyl (C=O) groups is 1. The van der Waals surface area contributed by atoms with Crippen LogP contribution in [0.5, 0.6) is 0 Å². The molecule has 116 valence electrons. The maximum atomic E-state index is 12.4. The Labute approximate surface area is 141 Å². The highest BCUT2D eigenvalue weighted by Gasteiger charge is 2.24. The number of hydrogen-bond acceptors (Lipinski definition) is 5. The summed E-state index contributed by atoms with van der Waals surface area (Å²) in [5.74, 6) is 0.992. The van der Waals surface area contributed by atoms with Gasteiger partial charge in [0, 0.05) is 40.7 Å². The number of thiophene rings is 1. The Morgan fingerprint density at radius 2 is 2.14 bits per heavy atom. The van der Waals surface area contributed by atoms with E-state index in [2.05, 4.69) is 31.2 Å². The fourth-order valence-corrected chi connectivity index (χ4v) is 3.94. The monoisotopic (exact) mass is 380 g/mol. The molecule has 0 saturated carbocycles. The first-order valence-electron chi connectivity index (χ1n) is 7.20. The summed E-state index contributed by atoms with van der Waals surface area (Å²) in [5, 5.41) is 5.37. The summed E-state index contributed by atoms with van der Waals surface area (Å²) in [4.78, 5) is 23.5. The van der Waals surface area contributed by atoms with Crippen LogP contribution in [0.3, 0.4) is 0 Å². The second-order valence-corrected chi connectivity index (χ2v) is 7.21. The van der Waals surface area contributed by atoms with Crippen molar-refractivity contribution in [3.8, 4) is 0 Å². The molecule has 1 N–H and O–H groups in total. The number of nitrogens with zero attached hydrogens (tertiary/aromatic N) is 3. The molecule has 0 spiro atoms. The maximum Gasteiger partial charge on any atom is 0.263 e. The van der Waals surface area contributed by atoms with Gasteiger partial charge < -0.3 is 10.2 Å². The molecule has 0 unspecified atom stereocenters. The molecule has 3 heterocycles. The van der Waals surface area contributed by atoms with Gasteiger partial charge in [0.25, 0.3) is 5.91 Å². The van der Waals surface area contributed by atoms with Crippen molar-refractivity contribution in [3.05, 3.63) is 38.9 Å². The molecule has 0 atom stereocenters. The number of likely N-dealkylation sites (tertiary alicyclic amines) is 1. The van der Waals surface area contributed by atoms with Crippen LogP contribution >= 0.6 is 27.3 Å². The lowest BCUT2D eigenvalue weighted by molar-refractivity contribution is 0.0723. The zero-order valence-electron chi connectivity index (χ0n) is 12.3. The molecule has 3 rings (SSSR count). The summed E-state index contributed by atoms with van der Waals surface area (Å²) in [6.45, 7) is 3.50. The van der Waals surface area contributed by atoms with Crippen LogP contribution in [0.4, 0.5) is 5.82 Å². The zero-order valence-corrected chi connectivity index (χ0v) is 14.7. The first-order valence-corrected chi connectivity index (χ1v) is 8.87. The van der Waals surface area contributed by atoms with E-state index in [-0.39, 0.29) is 5.91 Å². The Morgan fingerprint density at radius 1 is 1.36 bits per heavy atom. The van der Waals surface area contributed by atoms with E-state index in [1.165, 1.54) is 11.3 Å². The van der Waals surface area contributed by atoms with E-state index in [0.717, 1.165) is 46.8 Å². The second-order valence-electron chi connectivity index (χ2n) is 5.38. The molecule has 1 aliphatic rings. The average molecular weight is 381 g/mol. The minimum Gasteiger partial charge on any atom is -0.367 e. The summed E-state index contributed by atoms with van der Waals surface area (Å²) in [5.41, 5.74) is 0.952. The van der Waals surface area contributed by atoms with Gasteiger partial charge in [0.05, 0.1) is 4.88 Å². The number of anilines is 1. The second kappa shape index (κ2) is 6.75. The van der Waals surface area contributed by atoms with Crippen molar-refractivity contribution in [2.75, 3.05) is 18.4 Å². The number of rotatable bonds is 3. The van der Waals surface area contributed by atoms with Gasteiger partial charge in [0.2, 0.25) is 0 Å². The molecule has 0 aromatic carbocycles. The van der Waals surface area contributed by atoms with Crippen LogP contribution in [0.2, 0.25) is 0 Å². The molecule has 0 bridgehead atoms. The van der Waals surface area contributed by atoms with Crippen molar-refractivity contribution >= 4 is 39.0 Å². The molecule has 7 heteroatoms. The Bertz CT molecular complexity index is 667. The van der Waals surface area contributed by atoms with Gasteiger partial charge in [-0.2, -0.15) is 0 Å². The lowest BCUT2D eigenvalue weighted by Crippen LogP contribution is -2.42. The van der Waals surface area contributed by atoms with Crippen LogP contribution in [0.1, 0.15) is 28.2 Å². The Hall–Kier alpha value is -1.47. The lowest BCUT2D eigenvalue weighted by Gasteiger charge is -2.32. The molecule has 1 aliphatic heterocycles. The maximum absolute atomic E-state index is 12.4. The summed E-state index contributed by atoms with van der Waals surface area (Å²) in [7, 11) is 0. The summed E-state index contributed by atoms with van der Waals surface area (Å²) in [6.07, 6.45) is 3.44. The van der Waals surface area contributed by atoms with E-state index in [0.29, 0.717) is 6.04 Å². The molecule has 5 nitrogen and oxygen atoms in total. The summed E-state index contributed by atoms with van der Waals surface area (Å²) < 4.78 is 0.969. The highest BCUT2D eigenvalue weighted by Crippen LogP contribution is 2.23. The number of amides is 1. The Balaban J connectivity index is 1.55. The molecule has 1 amide bonds. The largest absolute Gasteiger partial charge is 0.367 e. The van der Waals surface area contributed by atoms with Crippen LogP contribution in [0.25, 0.3) is 0 Å². The van der Waals surface area contributed by atoms with Gasteiger partial charge in [0.1, 0.15) is 12.1 Å². The van der Waals surface area contributed by atoms with Crippen LogP contribution in [-0.4, -0.2) is 39.9 Å². The van der Waals surface area contributed by atoms with Crippen molar-refractivity contribution in [2.24, 2.45) is 0 Å². The van der Waals surface area contributed by atoms with E-state index < -0.39 is 0 Å². The minimum atomic E-state index is 0.132. The number of aryl methyl sites for hydroxylation is 1. The fraction of sp³-hybridized carbons (Fsp3) is 0.400. The normalized spacial score (nSPS) is 15.8. The highest BCUT2D eigenvalue weighted by molar-refractivity contribution is 9.10. The third kappa shape index (κ3) is 3.64. The highest BCUT2D eigenvalue weighted by atomic mass is 79.9. The topological polar surface area (TPSA) is 58.1 Å². The predicted octanol–water partition coefficient (Wildman–Crippen LogP) is 3.33. The van der Waals surface area contributed by atoms with Gasteiger partial charge in [-0.05, 0) is 41.8 Å². The van der Waals surface area contributed by atoms with Crippen molar-refractivity contribution in [2.45, 2.75) is 25.8 Å². The quantitative estimate of drug-likeness (QED) is 0.886.